The van der Waals surface area contributed by atoms with Gasteiger partial charge in [-0.25, -0.2) is 14.8 Å². The van der Waals surface area contributed by atoms with E-state index in [1.165, 1.54) is 7.11 Å². The van der Waals surface area contributed by atoms with Gasteiger partial charge in [0.15, 0.2) is 20.9 Å². The summed E-state index contributed by atoms with van der Waals surface area (Å²) in [6.45, 7) is 2.17. The Bertz CT molecular complexity index is 906. The number of hydrogen-bond acceptors (Lipinski definition) is 7. The highest BCUT2D eigenvalue weighted by Crippen LogP contribution is 2.29. The molecule has 0 amide bonds. The second-order valence-electron chi connectivity index (χ2n) is 5.01. The number of nitrogens with zero attached hydrogens (tertiary/aromatic N) is 2. The van der Waals surface area contributed by atoms with Gasteiger partial charge in [0, 0.05) is 10.6 Å². The van der Waals surface area contributed by atoms with E-state index in [1.807, 2.05) is 19.1 Å². The molecule has 0 aliphatic rings. The highest BCUT2D eigenvalue weighted by Gasteiger charge is 2.18. The van der Waals surface area contributed by atoms with Crippen LogP contribution in [0.2, 0.25) is 10.2 Å². The van der Waals surface area contributed by atoms with Gasteiger partial charge in [-0.2, -0.15) is 0 Å². The number of esters is 1. The highest BCUT2D eigenvalue weighted by atomic mass is 35.5. The summed E-state index contributed by atoms with van der Waals surface area (Å²) in [7, 11) is 1.29. The molecule has 130 valence electrons. The van der Waals surface area contributed by atoms with Crippen molar-refractivity contribution in [3.8, 4) is 11.3 Å². The summed E-state index contributed by atoms with van der Waals surface area (Å²) >= 11 is 12.9. The fourth-order valence-electron chi connectivity index (χ4n) is 2.14. The zero-order valence-electron chi connectivity index (χ0n) is 13.3. The predicted octanol–water partition coefficient (Wildman–Crippen LogP) is 4.81. The van der Waals surface area contributed by atoms with Crippen LogP contribution in [0.4, 0.5) is 5.13 Å². The van der Waals surface area contributed by atoms with Crippen LogP contribution in [0.5, 0.6) is 0 Å². The van der Waals surface area contributed by atoms with Crippen LogP contribution in [0.25, 0.3) is 11.3 Å². The van der Waals surface area contributed by atoms with Gasteiger partial charge < -0.3 is 14.5 Å². The average molecular weight is 398 g/mol. The minimum absolute atomic E-state index is 0.102. The SMILES string of the molecule is COC(=O)c1sc(NCc2nc(C)c(-c3ccc(Cl)cc3)o2)nc1Cl. The minimum atomic E-state index is -0.521. The van der Waals surface area contributed by atoms with E-state index < -0.39 is 5.97 Å². The number of hydrogen-bond donors (Lipinski definition) is 1. The molecule has 0 bridgehead atoms. The normalized spacial score (nSPS) is 10.7. The topological polar surface area (TPSA) is 77.2 Å². The molecule has 0 radical (unpaired) electrons. The predicted molar refractivity (Wildman–Crippen MR) is 97.5 cm³/mol. The molecule has 3 aromatic rings. The molecule has 1 aromatic carbocycles. The number of nitrogens with one attached hydrogen (secondary N) is 1. The van der Waals surface area contributed by atoms with Crippen LogP contribution in [-0.4, -0.2) is 23.0 Å². The first-order valence-electron chi connectivity index (χ1n) is 7.18. The van der Waals surface area contributed by atoms with Crippen LogP contribution in [-0.2, 0) is 11.3 Å². The Morgan fingerprint density at radius 2 is 2.00 bits per heavy atom. The maximum Gasteiger partial charge on any atom is 0.351 e. The molecule has 0 atom stereocenters. The average Bonchev–Trinajstić information content (AvgIpc) is 3.15. The lowest BCUT2D eigenvalue weighted by molar-refractivity contribution is 0.0606. The molecule has 0 unspecified atom stereocenters. The molecule has 2 heterocycles. The van der Waals surface area contributed by atoms with Gasteiger partial charge in [0.2, 0.25) is 5.89 Å². The minimum Gasteiger partial charge on any atom is -0.465 e. The number of aromatic nitrogens is 2. The molecule has 2 aromatic heterocycles. The fraction of sp³-hybridized carbons (Fsp3) is 0.188. The highest BCUT2D eigenvalue weighted by molar-refractivity contribution is 7.18. The summed E-state index contributed by atoms with van der Waals surface area (Å²) in [5.41, 5.74) is 1.66. The maximum absolute atomic E-state index is 11.5. The van der Waals surface area contributed by atoms with Crippen LogP contribution in [0.1, 0.15) is 21.3 Å². The first-order valence-corrected chi connectivity index (χ1v) is 8.76. The van der Waals surface area contributed by atoms with E-state index in [4.69, 9.17) is 27.6 Å². The Balaban J connectivity index is 1.73. The summed E-state index contributed by atoms with van der Waals surface area (Å²) in [6.07, 6.45) is 0. The van der Waals surface area contributed by atoms with Gasteiger partial charge in [-0.15, -0.1) is 0 Å². The number of thiazole rings is 1. The fourth-order valence-corrected chi connectivity index (χ4v) is 3.37. The van der Waals surface area contributed by atoms with E-state index in [2.05, 4.69) is 20.0 Å². The second-order valence-corrected chi connectivity index (χ2v) is 6.81. The largest absolute Gasteiger partial charge is 0.465 e. The monoisotopic (exact) mass is 397 g/mol. The maximum atomic E-state index is 11.5. The molecule has 0 spiro atoms. The summed E-state index contributed by atoms with van der Waals surface area (Å²) in [5, 5.41) is 4.28. The number of rotatable bonds is 5. The number of anilines is 1. The van der Waals surface area contributed by atoms with Crippen molar-refractivity contribution in [1.29, 1.82) is 0 Å². The molecule has 0 aliphatic carbocycles. The zero-order valence-corrected chi connectivity index (χ0v) is 15.6. The van der Waals surface area contributed by atoms with Gasteiger partial charge in [-0.05, 0) is 31.2 Å². The summed E-state index contributed by atoms with van der Waals surface area (Å²) in [4.78, 5) is 20.3. The van der Waals surface area contributed by atoms with Crippen LogP contribution in [0, 0.1) is 6.92 Å². The first kappa shape index (κ1) is 17.7. The van der Waals surface area contributed by atoms with Gasteiger partial charge >= 0.3 is 5.97 Å². The van der Waals surface area contributed by atoms with Crippen molar-refractivity contribution >= 4 is 45.6 Å². The van der Waals surface area contributed by atoms with E-state index >= 15 is 0 Å². The third-order valence-electron chi connectivity index (χ3n) is 3.29. The standard InChI is InChI=1S/C16H13Cl2N3O3S/c1-8-12(9-3-5-10(17)6-4-9)24-11(20-8)7-19-16-21-14(18)13(25-16)15(22)23-2/h3-6H,7H2,1-2H3,(H,19,21). The van der Waals surface area contributed by atoms with Crippen molar-refractivity contribution in [2.24, 2.45) is 0 Å². The number of ether oxygens (including phenoxy) is 1. The number of carbonyl (C=O) groups is 1. The molecule has 0 saturated heterocycles. The molecule has 1 N–H and O–H groups in total. The number of methoxy groups -OCH3 is 1. The van der Waals surface area contributed by atoms with E-state index in [0.29, 0.717) is 28.3 Å². The van der Waals surface area contributed by atoms with E-state index in [9.17, 15) is 4.79 Å². The first-order chi connectivity index (χ1) is 12.0. The smallest absolute Gasteiger partial charge is 0.351 e. The second kappa shape index (κ2) is 7.43. The van der Waals surface area contributed by atoms with E-state index in [0.717, 1.165) is 22.6 Å². The molecular formula is C16H13Cl2N3O3S. The van der Waals surface area contributed by atoms with Gasteiger partial charge in [0.1, 0.15) is 0 Å². The molecule has 0 saturated carbocycles. The molecule has 0 aliphatic heterocycles. The van der Waals surface area contributed by atoms with Crippen molar-refractivity contribution in [3.05, 3.63) is 50.9 Å². The van der Waals surface area contributed by atoms with Crippen molar-refractivity contribution in [3.63, 3.8) is 0 Å². The van der Waals surface area contributed by atoms with E-state index in [-0.39, 0.29) is 10.0 Å². The van der Waals surface area contributed by atoms with Gasteiger partial charge in [0.25, 0.3) is 0 Å². The zero-order chi connectivity index (χ0) is 18.0. The third-order valence-corrected chi connectivity index (χ3v) is 4.93. The van der Waals surface area contributed by atoms with Crippen LogP contribution >= 0.6 is 34.5 Å². The van der Waals surface area contributed by atoms with Crippen LogP contribution in [0.15, 0.2) is 28.7 Å². The molecule has 9 heteroatoms. The Labute approximate surface area is 157 Å². The Morgan fingerprint density at radius 3 is 2.68 bits per heavy atom. The number of halogens is 2. The lowest BCUT2D eigenvalue weighted by atomic mass is 10.1. The van der Waals surface area contributed by atoms with Crippen molar-refractivity contribution in [1.82, 2.24) is 9.97 Å². The lowest BCUT2D eigenvalue weighted by Gasteiger charge is -1.99. The molecular weight excluding hydrogens is 385 g/mol. The quantitative estimate of drug-likeness (QED) is 0.622. The Hall–Kier alpha value is -2.09. The Morgan fingerprint density at radius 1 is 1.28 bits per heavy atom. The number of aryl methyl sites for hydroxylation is 1. The van der Waals surface area contributed by atoms with Crippen molar-refractivity contribution in [2.75, 3.05) is 12.4 Å². The van der Waals surface area contributed by atoms with Crippen LogP contribution in [0.3, 0.4) is 0 Å². The van der Waals surface area contributed by atoms with Crippen LogP contribution < -0.4 is 5.32 Å². The molecule has 0 fully saturated rings. The van der Waals surface area contributed by atoms with Gasteiger partial charge in [-0.1, -0.05) is 34.5 Å². The van der Waals surface area contributed by atoms with Crippen molar-refractivity contribution in [2.45, 2.75) is 13.5 Å². The third kappa shape index (κ3) is 3.95. The van der Waals surface area contributed by atoms with Gasteiger partial charge in [0.05, 0.1) is 19.3 Å². The van der Waals surface area contributed by atoms with E-state index in [1.54, 1.807) is 12.1 Å². The number of carbonyl (C=O) groups excluding carboxylic acids is 1. The van der Waals surface area contributed by atoms with Crippen molar-refractivity contribution < 1.29 is 13.9 Å². The molecule has 25 heavy (non-hydrogen) atoms. The van der Waals surface area contributed by atoms with Gasteiger partial charge in [-0.3, -0.25) is 0 Å². The summed E-state index contributed by atoms with van der Waals surface area (Å²) in [5.74, 6) is 0.654. The molecule has 3 rings (SSSR count). The number of oxazole rings is 1. The summed E-state index contributed by atoms with van der Waals surface area (Å²) < 4.78 is 10.5. The summed E-state index contributed by atoms with van der Waals surface area (Å²) in [6, 6.07) is 7.33. The Kier molecular flexibility index (Phi) is 5.27. The number of benzene rings is 1. The molecule has 6 nitrogen and oxygen atoms in total. The lowest BCUT2D eigenvalue weighted by Crippen LogP contribution is -1.99.